The van der Waals surface area contributed by atoms with E-state index < -0.39 is 10.0 Å². The summed E-state index contributed by atoms with van der Waals surface area (Å²) in [5, 5.41) is 0. The fraction of sp³-hybridized carbons (Fsp3) is 0.240. The van der Waals surface area contributed by atoms with Crippen molar-refractivity contribution in [2.45, 2.75) is 23.8 Å². The zero-order valence-corrected chi connectivity index (χ0v) is 23.1. The molecule has 0 spiro atoms. The van der Waals surface area contributed by atoms with Crippen LogP contribution in [0.5, 0.6) is 11.5 Å². The first-order valence-electron chi connectivity index (χ1n) is 10.8. The number of methoxy groups -OCH3 is 2. The van der Waals surface area contributed by atoms with Crippen LogP contribution in [-0.2, 0) is 10.0 Å². The minimum absolute atomic E-state index is 0.0747. The molecule has 0 aromatic heterocycles. The van der Waals surface area contributed by atoms with Crippen LogP contribution in [0, 0.1) is 0 Å². The van der Waals surface area contributed by atoms with Crippen molar-refractivity contribution in [3.63, 3.8) is 0 Å². The summed E-state index contributed by atoms with van der Waals surface area (Å²) in [4.78, 5) is 15.3. The number of hydrogen-bond donors (Lipinski definition) is 1. The van der Waals surface area contributed by atoms with Gasteiger partial charge in [-0.05, 0) is 88.9 Å². The molecular weight excluding hydrogens is 600 g/mol. The summed E-state index contributed by atoms with van der Waals surface area (Å²) >= 11 is 6.59. The summed E-state index contributed by atoms with van der Waals surface area (Å²) in [5.41, 5.74) is 1.84. The molecule has 0 saturated carbocycles. The van der Waals surface area contributed by atoms with Crippen molar-refractivity contribution in [3.8, 4) is 11.5 Å². The van der Waals surface area contributed by atoms with E-state index in [2.05, 4.69) is 36.6 Å². The zero-order valence-electron chi connectivity index (χ0n) is 19.1. The van der Waals surface area contributed by atoms with Gasteiger partial charge in [0.15, 0.2) is 11.5 Å². The minimum Gasteiger partial charge on any atom is -0.493 e. The topological polar surface area (TPSA) is 84.9 Å². The number of benzene rings is 3. The number of amides is 1. The van der Waals surface area contributed by atoms with Crippen LogP contribution in [0.25, 0.3) is 0 Å². The molecule has 1 atom stereocenters. The summed E-state index contributed by atoms with van der Waals surface area (Å²) in [6.07, 6.45) is 1.74. The Hall–Kier alpha value is -2.56. The van der Waals surface area contributed by atoms with Crippen LogP contribution in [0.3, 0.4) is 0 Å². The lowest BCUT2D eigenvalue weighted by Crippen LogP contribution is -2.30. The first kappa shape index (κ1) is 25.5. The number of halogens is 2. The molecule has 0 aliphatic carbocycles. The molecule has 1 fully saturated rings. The lowest BCUT2D eigenvalue weighted by atomic mass is 10.0. The Balaban J connectivity index is 1.52. The van der Waals surface area contributed by atoms with Crippen LogP contribution < -0.4 is 14.2 Å². The molecule has 35 heavy (non-hydrogen) atoms. The third-order valence-corrected chi connectivity index (χ3v) is 8.74. The van der Waals surface area contributed by atoms with Crippen LogP contribution in [0.2, 0.25) is 0 Å². The molecule has 4 rings (SSSR count). The molecule has 1 heterocycles. The maximum atomic E-state index is 13.3. The first-order valence-corrected chi connectivity index (χ1v) is 13.9. The summed E-state index contributed by atoms with van der Waals surface area (Å²) in [6, 6.07) is 17.0. The molecule has 1 amide bonds. The average molecular weight is 624 g/mol. The fourth-order valence-corrected chi connectivity index (χ4v) is 6.72. The van der Waals surface area contributed by atoms with E-state index in [1.807, 2.05) is 23.1 Å². The van der Waals surface area contributed by atoms with Crippen LogP contribution in [0.15, 0.2) is 74.5 Å². The molecule has 0 bridgehead atoms. The molecule has 1 N–H and O–H groups in total. The second kappa shape index (κ2) is 10.6. The number of rotatable bonds is 7. The summed E-state index contributed by atoms with van der Waals surface area (Å²) in [6.45, 7) is 0.642. The van der Waals surface area contributed by atoms with Gasteiger partial charge in [0.25, 0.3) is 15.9 Å². The molecule has 10 heteroatoms. The minimum atomic E-state index is -3.82. The second-order valence-electron chi connectivity index (χ2n) is 8.03. The molecule has 0 radical (unpaired) electrons. The van der Waals surface area contributed by atoms with E-state index in [1.54, 1.807) is 50.6 Å². The van der Waals surface area contributed by atoms with Gasteiger partial charge in [-0.2, -0.15) is 0 Å². The number of likely N-dealkylation sites (tertiary alicyclic amines) is 1. The van der Waals surface area contributed by atoms with E-state index in [0.29, 0.717) is 38.2 Å². The Morgan fingerprint density at radius 1 is 0.971 bits per heavy atom. The SMILES string of the molecule is COc1ccc(C2CCCN2C(=O)c2ccc(NS(=O)(=O)c3cc(Br)ccc3Br)cc2)cc1OC. The Kier molecular flexibility index (Phi) is 7.73. The van der Waals surface area contributed by atoms with E-state index in [9.17, 15) is 13.2 Å². The molecular formula is C25H24Br2N2O5S. The van der Waals surface area contributed by atoms with Gasteiger partial charge in [-0.3, -0.25) is 9.52 Å². The van der Waals surface area contributed by atoms with Crippen molar-refractivity contribution in [1.82, 2.24) is 4.90 Å². The largest absolute Gasteiger partial charge is 0.493 e. The molecule has 3 aromatic rings. The summed E-state index contributed by atoms with van der Waals surface area (Å²) in [7, 11) is -0.642. The average Bonchev–Trinajstić information content (AvgIpc) is 3.34. The number of hydrogen-bond acceptors (Lipinski definition) is 5. The third-order valence-electron chi connectivity index (χ3n) is 5.87. The molecule has 184 valence electrons. The van der Waals surface area contributed by atoms with Gasteiger partial charge in [0.2, 0.25) is 0 Å². The van der Waals surface area contributed by atoms with Gasteiger partial charge in [-0.1, -0.05) is 22.0 Å². The van der Waals surface area contributed by atoms with Gasteiger partial charge in [0.1, 0.15) is 4.90 Å². The predicted octanol–water partition coefficient (Wildman–Crippen LogP) is 6.01. The Labute approximate surface area is 221 Å². The Bertz CT molecular complexity index is 1350. The zero-order chi connectivity index (χ0) is 25.2. The number of anilines is 1. The number of nitrogens with one attached hydrogen (secondary N) is 1. The first-order chi connectivity index (χ1) is 16.7. The standard InChI is InChI=1S/C25H24Br2N2O5S/c1-33-22-12-7-17(14-23(22)34-2)21-4-3-13-29(21)25(30)16-5-9-19(10-6-16)28-35(31,32)24-15-18(26)8-11-20(24)27/h5-12,14-15,21,28H,3-4,13H2,1-2H3. The third kappa shape index (κ3) is 5.49. The molecule has 1 aliphatic heterocycles. The fourth-order valence-electron chi connectivity index (χ4n) is 4.16. The maximum Gasteiger partial charge on any atom is 0.263 e. The van der Waals surface area contributed by atoms with Crippen molar-refractivity contribution >= 4 is 53.5 Å². The van der Waals surface area contributed by atoms with Gasteiger partial charge in [0, 0.05) is 26.7 Å². The highest BCUT2D eigenvalue weighted by atomic mass is 79.9. The van der Waals surface area contributed by atoms with Crippen molar-refractivity contribution in [2.75, 3.05) is 25.5 Å². The Morgan fingerprint density at radius 2 is 1.69 bits per heavy atom. The van der Waals surface area contributed by atoms with Gasteiger partial charge in [-0.15, -0.1) is 0 Å². The van der Waals surface area contributed by atoms with Gasteiger partial charge in [-0.25, -0.2) is 8.42 Å². The predicted molar refractivity (Wildman–Crippen MR) is 142 cm³/mol. The van der Waals surface area contributed by atoms with Crippen LogP contribution in [-0.4, -0.2) is 40.0 Å². The molecule has 7 nitrogen and oxygen atoms in total. The van der Waals surface area contributed by atoms with E-state index in [1.165, 1.54) is 6.07 Å². The highest BCUT2D eigenvalue weighted by molar-refractivity contribution is 9.11. The van der Waals surface area contributed by atoms with E-state index in [0.717, 1.165) is 18.4 Å². The number of carbonyl (C=O) groups is 1. The number of ether oxygens (including phenoxy) is 2. The lowest BCUT2D eigenvalue weighted by molar-refractivity contribution is 0.0735. The summed E-state index contributed by atoms with van der Waals surface area (Å²) < 4.78 is 40.1. The van der Waals surface area contributed by atoms with Gasteiger partial charge in [0.05, 0.1) is 20.3 Å². The quantitative estimate of drug-likeness (QED) is 0.349. The summed E-state index contributed by atoms with van der Waals surface area (Å²) in [5.74, 6) is 1.16. The monoisotopic (exact) mass is 622 g/mol. The van der Waals surface area contributed by atoms with Crippen molar-refractivity contribution in [2.24, 2.45) is 0 Å². The highest BCUT2D eigenvalue weighted by Gasteiger charge is 2.31. The van der Waals surface area contributed by atoms with Crippen molar-refractivity contribution in [1.29, 1.82) is 0 Å². The van der Waals surface area contributed by atoms with Crippen molar-refractivity contribution in [3.05, 3.63) is 80.7 Å². The maximum absolute atomic E-state index is 13.3. The van der Waals surface area contributed by atoms with Gasteiger partial charge >= 0.3 is 0 Å². The van der Waals surface area contributed by atoms with E-state index in [4.69, 9.17) is 9.47 Å². The molecule has 1 aliphatic rings. The van der Waals surface area contributed by atoms with Crippen LogP contribution in [0.4, 0.5) is 5.69 Å². The molecule has 1 saturated heterocycles. The number of nitrogens with zero attached hydrogens (tertiary/aromatic N) is 1. The number of sulfonamides is 1. The number of carbonyl (C=O) groups excluding carboxylic acids is 1. The van der Waals surface area contributed by atoms with Crippen LogP contribution in [0.1, 0.15) is 34.8 Å². The van der Waals surface area contributed by atoms with Crippen LogP contribution >= 0.6 is 31.9 Å². The Morgan fingerprint density at radius 3 is 2.37 bits per heavy atom. The second-order valence-corrected chi connectivity index (χ2v) is 11.4. The molecule has 1 unspecified atom stereocenters. The lowest BCUT2D eigenvalue weighted by Gasteiger charge is -2.26. The van der Waals surface area contributed by atoms with Crippen molar-refractivity contribution < 1.29 is 22.7 Å². The normalized spacial score (nSPS) is 15.7. The molecule has 3 aromatic carbocycles. The van der Waals surface area contributed by atoms with E-state index >= 15 is 0 Å². The van der Waals surface area contributed by atoms with Gasteiger partial charge < -0.3 is 14.4 Å². The highest BCUT2D eigenvalue weighted by Crippen LogP contribution is 2.37. The van der Waals surface area contributed by atoms with E-state index in [-0.39, 0.29) is 16.8 Å². The smallest absolute Gasteiger partial charge is 0.263 e.